The molecule has 1 aliphatic rings. The first-order valence-electron chi connectivity index (χ1n) is 9.61. The molecule has 0 saturated carbocycles. The summed E-state index contributed by atoms with van der Waals surface area (Å²) in [5.74, 6) is -0.506. The lowest BCUT2D eigenvalue weighted by molar-refractivity contribution is -0.128. The maximum Gasteiger partial charge on any atom is 0.254 e. The summed E-state index contributed by atoms with van der Waals surface area (Å²) in [5.41, 5.74) is 1.84. The van der Waals surface area contributed by atoms with Crippen molar-refractivity contribution >= 4 is 46.6 Å². The van der Waals surface area contributed by atoms with Crippen LogP contribution in [0.2, 0.25) is 10.0 Å². The summed E-state index contributed by atoms with van der Waals surface area (Å²) in [5, 5.41) is 3.61. The smallest absolute Gasteiger partial charge is 0.254 e. The van der Waals surface area contributed by atoms with Gasteiger partial charge >= 0.3 is 0 Å². The molecule has 1 unspecified atom stereocenters. The van der Waals surface area contributed by atoms with Crippen LogP contribution in [0.15, 0.2) is 42.5 Å². The highest BCUT2D eigenvalue weighted by Crippen LogP contribution is 2.25. The van der Waals surface area contributed by atoms with Gasteiger partial charge in [0.1, 0.15) is 6.04 Å². The minimum atomic E-state index is -0.565. The van der Waals surface area contributed by atoms with Gasteiger partial charge in [-0.15, -0.1) is 0 Å². The van der Waals surface area contributed by atoms with Crippen molar-refractivity contribution in [3.63, 3.8) is 0 Å². The Morgan fingerprint density at radius 3 is 2.30 bits per heavy atom. The number of halogens is 2. The van der Waals surface area contributed by atoms with Crippen LogP contribution in [0.25, 0.3) is 0 Å². The zero-order valence-electron chi connectivity index (χ0n) is 16.8. The number of benzene rings is 2. The molecule has 0 aliphatic carbocycles. The molecule has 1 heterocycles. The van der Waals surface area contributed by atoms with E-state index in [0.717, 1.165) is 12.0 Å². The normalized spacial score (nSPS) is 15.7. The Morgan fingerprint density at radius 1 is 1.07 bits per heavy atom. The molecular weight excluding hydrogens is 425 g/mol. The van der Waals surface area contributed by atoms with Crippen LogP contribution in [-0.4, -0.2) is 54.2 Å². The van der Waals surface area contributed by atoms with Crippen molar-refractivity contribution in [2.45, 2.75) is 25.3 Å². The second-order valence-electron chi connectivity index (χ2n) is 7.47. The van der Waals surface area contributed by atoms with E-state index in [1.54, 1.807) is 49.3 Å². The molecule has 1 atom stereocenters. The van der Waals surface area contributed by atoms with Crippen molar-refractivity contribution in [3.05, 3.63) is 63.6 Å². The Bertz CT molecular complexity index is 940. The van der Waals surface area contributed by atoms with Crippen molar-refractivity contribution in [2.24, 2.45) is 0 Å². The number of hydrogen-bond donors (Lipinski definition) is 1. The van der Waals surface area contributed by atoms with E-state index in [2.05, 4.69) is 5.32 Å². The fourth-order valence-electron chi connectivity index (χ4n) is 3.39. The SMILES string of the molecule is CN(C)C(=O)Cc1ccc(NC(=O)C2CCCN2C(=O)c2cc(Cl)cc(Cl)c2)cc1. The number of rotatable bonds is 5. The van der Waals surface area contributed by atoms with Crippen LogP contribution in [0.5, 0.6) is 0 Å². The van der Waals surface area contributed by atoms with Gasteiger partial charge in [0.05, 0.1) is 6.42 Å². The summed E-state index contributed by atoms with van der Waals surface area (Å²) < 4.78 is 0. The lowest BCUT2D eigenvalue weighted by atomic mass is 10.1. The van der Waals surface area contributed by atoms with Gasteiger partial charge in [0, 0.05) is 41.9 Å². The molecule has 1 fully saturated rings. The van der Waals surface area contributed by atoms with Gasteiger partial charge in [0.25, 0.3) is 5.91 Å². The fraction of sp³-hybridized carbons (Fsp3) is 0.318. The summed E-state index contributed by atoms with van der Waals surface area (Å²) in [7, 11) is 3.42. The van der Waals surface area contributed by atoms with E-state index in [1.807, 2.05) is 12.1 Å². The molecule has 0 bridgehead atoms. The third-order valence-corrected chi connectivity index (χ3v) is 5.44. The molecule has 2 aromatic carbocycles. The number of carbonyl (C=O) groups excluding carboxylic acids is 3. The molecule has 3 amide bonds. The average Bonchev–Trinajstić information content (AvgIpc) is 3.18. The van der Waals surface area contributed by atoms with Gasteiger partial charge in [-0.05, 0) is 48.7 Å². The summed E-state index contributed by atoms with van der Waals surface area (Å²) in [6, 6.07) is 11.2. The van der Waals surface area contributed by atoms with Crippen molar-refractivity contribution in [3.8, 4) is 0 Å². The molecule has 30 heavy (non-hydrogen) atoms. The minimum absolute atomic E-state index is 0.00742. The van der Waals surface area contributed by atoms with E-state index in [4.69, 9.17) is 23.2 Å². The van der Waals surface area contributed by atoms with Crippen molar-refractivity contribution in [1.29, 1.82) is 0 Å². The Labute approximate surface area is 185 Å². The molecule has 1 aliphatic heterocycles. The standard InChI is InChI=1S/C22H23Cl2N3O3/c1-26(2)20(28)10-14-5-7-18(8-6-14)25-21(29)19-4-3-9-27(19)22(30)15-11-16(23)13-17(24)12-15/h5-8,11-13,19H,3-4,9-10H2,1-2H3,(H,25,29). The van der Waals surface area contributed by atoms with Gasteiger partial charge in [-0.2, -0.15) is 0 Å². The van der Waals surface area contributed by atoms with E-state index in [-0.39, 0.29) is 17.7 Å². The van der Waals surface area contributed by atoms with E-state index >= 15 is 0 Å². The highest BCUT2D eigenvalue weighted by molar-refractivity contribution is 6.35. The second kappa shape index (κ2) is 9.49. The van der Waals surface area contributed by atoms with E-state index in [0.29, 0.717) is 40.7 Å². The Hall–Kier alpha value is -2.57. The maximum atomic E-state index is 12.9. The Balaban J connectivity index is 1.67. The van der Waals surface area contributed by atoms with Crippen LogP contribution in [0.3, 0.4) is 0 Å². The molecular formula is C22H23Cl2N3O3. The Kier molecular flexibility index (Phi) is 7.00. The number of likely N-dealkylation sites (N-methyl/N-ethyl adjacent to an activating group) is 1. The average molecular weight is 448 g/mol. The number of amides is 3. The lowest BCUT2D eigenvalue weighted by Crippen LogP contribution is -2.43. The summed E-state index contributed by atoms with van der Waals surface area (Å²) in [6.45, 7) is 0.493. The predicted octanol–water partition coefficient (Wildman–Crippen LogP) is 3.87. The summed E-state index contributed by atoms with van der Waals surface area (Å²) >= 11 is 12.0. The molecule has 3 rings (SSSR count). The third-order valence-electron chi connectivity index (χ3n) is 5.00. The van der Waals surface area contributed by atoms with Gasteiger partial charge in [-0.25, -0.2) is 0 Å². The zero-order valence-corrected chi connectivity index (χ0v) is 18.3. The lowest BCUT2D eigenvalue weighted by Gasteiger charge is -2.24. The molecule has 0 spiro atoms. The largest absolute Gasteiger partial charge is 0.349 e. The van der Waals surface area contributed by atoms with Gasteiger partial charge in [0.15, 0.2) is 0 Å². The summed E-state index contributed by atoms with van der Waals surface area (Å²) in [4.78, 5) is 40.6. The number of nitrogens with one attached hydrogen (secondary N) is 1. The number of carbonyl (C=O) groups is 3. The maximum absolute atomic E-state index is 12.9. The van der Waals surface area contributed by atoms with E-state index < -0.39 is 6.04 Å². The van der Waals surface area contributed by atoms with Gasteiger partial charge < -0.3 is 15.1 Å². The second-order valence-corrected chi connectivity index (χ2v) is 8.34. The van der Waals surface area contributed by atoms with E-state index in [1.165, 1.54) is 4.90 Å². The van der Waals surface area contributed by atoms with Crippen molar-refractivity contribution in [1.82, 2.24) is 9.80 Å². The molecule has 1 N–H and O–H groups in total. The van der Waals surface area contributed by atoms with Gasteiger partial charge in [0.2, 0.25) is 11.8 Å². The molecule has 158 valence electrons. The first kappa shape index (κ1) is 22.1. The monoisotopic (exact) mass is 447 g/mol. The number of nitrogens with zero attached hydrogens (tertiary/aromatic N) is 2. The topological polar surface area (TPSA) is 69.7 Å². The van der Waals surface area contributed by atoms with Gasteiger partial charge in [-0.3, -0.25) is 14.4 Å². The van der Waals surface area contributed by atoms with Crippen molar-refractivity contribution in [2.75, 3.05) is 26.0 Å². The van der Waals surface area contributed by atoms with Crippen LogP contribution in [0.1, 0.15) is 28.8 Å². The van der Waals surface area contributed by atoms with Crippen molar-refractivity contribution < 1.29 is 14.4 Å². The van der Waals surface area contributed by atoms with Crippen LogP contribution in [0, 0.1) is 0 Å². The Morgan fingerprint density at radius 2 is 1.70 bits per heavy atom. The number of anilines is 1. The third kappa shape index (κ3) is 5.32. The number of likely N-dealkylation sites (tertiary alicyclic amines) is 1. The van der Waals surface area contributed by atoms with Crippen LogP contribution in [-0.2, 0) is 16.0 Å². The first-order valence-corrected chi connectivity index (χ1v) is 10.4. The molecule has 2 aromatic rings. The summed E-state index contributed by atoms with van der Waals surface area (Å²) in [6.07, 6.45) is 1.62. The van der Waals surface area contributed by atoms with Gasteiger partial charge in [-0.1, -0.05) is 35.3 Å². The fourth-order valence-corrected chi connectivity index (χ4v) is 3.92. The molecule has 6 nitrogen and oxygen atoms in total. The van der Waals surface area contributed by atoms with E-state index in [9.17, 15) is 14.4 Å². The molecule has 0 radical (unpaired) electrons. The highest BCUT2D eigenvalue weighted by atomic mass is 35.5. The zero-order chi connectivity index (χ0) is 21.8. The predicted molar refractivity (Wildman–Crippen MR) is 118 cm³/mol. The molecule has 0 aromatic heterocycles. The van der Waals surface area contributed by atoms with Crippen LogP contribution >= 0.6 is 23.2 Å². The molecule has 1 saturated heterocycles. The molecule has 8 heteroatoms. The van der Waals surface area contributed by atoms with Crippen LogP contribution < -0.4 is 5.32 Å². The minimum Gasteiger partial charge on any atom is -0.349 e. The first-order chi connectivity index (χ1) is 14.2. The van der Waals surface area contributed by atoms with Crippen LogP contribution in [0.4, 0.5) is 5.69 Å². The quantitative estimate of drug-likeness (QED) is 0.755. The number of hydrogen-bond acceptors (Lipinski definition) is 3. The highest BCUT2D eigenvalue weighted by Gasteiger charge is 2.34.